The maximum Gasteiger partial charge on any atom is 0.342 e. The molecule has 0 bridgehead atoms. The predicted octanol–water partition coefficient (Wildman–Crippen LogP) is 4.01. The Morgan fingerprint density at radius 1 is 1.24 bits per heavy atom. The smallest absolute Gasteiger partial charge is 0.342 e. The molecular weight excluding hydrogens is 369 g/mol. The number of rotatable bonds is 6. The van der Waals surface area contributed by atoms with Crippen molar-refractivity contribution in [2.45, 2.75) is 4.90 Å². The average Bonchev–Trinajstić information content (AvgIpc) is 2.61. The zero-order valence-electron chi connectivity index (χ0n) is 13.5. The highest BCUT2D eigenvalue weighted by atomic mass is 35.5. The zero-order valence-corrected chi connectivity index (χ0v) is 15.0. The second-order valence-electron chi connectivity index (χ2n) is 4.81. The lowest BCUT2D eigenvalue weighted by Gasteiger charge is -2.11. The Balaban J connectivity index is 1.98. The average molecular weight is 384 g/mol. The summed E-state index contributed by atoms with van der Waals surface area (Å²) in [5, 5.41) is 2.49. The molecule has 0 aliphatic rings. The van der Waals surface area contributed by atoms with Crippen LogP contribution >= 0.6 is 23.4 Å². The Bertz CT molecular complexity index is 800. The molecule has 0 saturated carbocycles. The van der Waals surface area contributed by atoms with E-state index in [0.29, 0.717) is 5.75 Å². The highest BCUT2D eigenvalue weighted by molar-refractivity contribution is 7.98. The Hall–Kier alpha value is -2.25. The lowest BCUT2D eigenvalue weighted by atomic mass is 10.2. The minimum Gasteiger partial charge on any atom is -0.496 e. The van der Waals surface area contributed by atoms with Crippen molar-refractivity contribution in [1.82, 2.24) is 0 Å². The maximum absolute atomic E-state index is 13.0. The van der Waals surface area contributed by atoms with Gasteiger partial charge in [0.15, 0.2) is 6.61 Å². The second kappa shape index (κ2) is 8.73. The molecule has 2 aromatic rings. The van der Waals surface area contributed by atoms with Crippen LogP contribution in [0.15, 0.2) is 41.3 Å². The molecule has 132 valence electrons. The van der Waals surface area contributed by atoms with Crippen molar-refractivity contribution in [2.24, 2.45) is 0 Å². The van der Waals surface area contributed by atoms with Crippen molar-refractivity contribution in [1.29, 1.82) is 0 Å². The summed E-state index contributed by atoms with van der Waals surface area (Å²) in [6.45, 7) is -0.514. The summed E-state index contributed by atoms with van der Waals surface area (Å²) < 4.78 is 23.1. The third kappa shape index (κ3) is 5.11. The molecule has 5 nitrogen and oxygen atoms in total. The monoisotopic (exact) mass is 383 g/mol. The molecule has 1 amide bonds. The van der Waals surface area contributed by atoms with Gasteiger partial charge in [-0.3, -0.25) is 4.79 Å². The van der Waals surface area contributed by atoms with Crippen LogP contribution in [-0.2, 0) is 9.53 Å². The van der Waals surface area contributed by atoms with Gasteiger partial charge in [-0.1, -0.05) is 11.6 Å². The van der Waals surface area contributed by atoms with Gasteiger partial charge in [0, 0.05) is 4.90 Å². The van der Waals surface area contributed by atoms with Crippen LogP contribution in [0.5, 0.6) is 5.75 Å². The van der Waals surface area contributed by atoms with E-state index in [9.17, 15) is 14.0 Å². The van der Waals surface area contributed by atoms with Gasteiger partial charge in [-0.25, -0.2) is 9.18 Å². The van der Waals surface area contributed by atoms with Crippen molar-refractivity contribution in [3.8, 4) is 5.75 Å². The number of amides is 1. The van der Waals surface area contributed by atoms with Crippen LogP contribution in [0.25, 0.3) is 0 Å². The first-order chi connectivity index (χ1) is 11.9. The first-order valence-electron chi connectivity index (χ1n) is 7.08. The van der Waals surface area contributed by atoms with Gasteiger partial charge >= 0.3 is 5.97 Å². The van der Waals surface area contributed by atoms with Crippen LogP contribution in [0.3, 0.4) is 0 Å². The number of nitrogens with one attached hydrogen (secondary N) is 1. The summed E-state index contributed by atoms with van der Waals surface area (Å²) in [4.78, 5) is 24.9. The lowest BCUT2D eigenvalue weighted by molar-refractivity contribution is -0.119. The molecule has 25 heavy (non-hydrogen) atoms. The van der Waals surface area contributed by atoms with E-state index in [0.717, 1.165) is 17.0 Å². The molecule has 1 N–H and O–H groups in total. The van der Waals surface area contributed by atoms with E-state index in [1.54, 1.807) is 18.2 Å². The molecular formula is C17H15ClFNO4S. The van der Waals surface area contributed by atoms with Crippen LogP contribution in [0.4, 0.5) is 10.1 Å². The van der Waals surface area contributed by atoms with Gasteiger partial charge in [-0.15, -0.1) is 11.8 Å². The number of anilines is 1. The van der Waals surface area contributed by atoms with E-state index >= 15 is 0 Å². The van der Waals surface area contributed by atoms with Crippen molar-refractivity contribution in [3.05, 3.63) is 52.8 Å². The molecule has 8 heteroatoms. The SMILES string of the molecule is COc1cc(SC)ccc1C(=O)OCC(=O)Nc1ccc(F)cc1Cl. The number of methoxy groups -OCH3 is 1. The standard InChI is InChI=1S/C17H15ClFNO4S/c1-23-15-8-11(25-2)4-5-12(15)17(22)24-9-16(21)20-14-6-3-10(19)7-13(14)18/h3-8H,9H2,1-2H3,(H,20,21). The molecule has 0 aliphatic heterocycles. The summed E-state index contributed by atoms with van der Waals surface area (Å²) >= 11 is 7.32. The number of hydrogen-bond acceptors (Lipinski definition) is 5. The van der Waals surface area contributed by atoms with E-state index in [2.05, 4.69) is 5.32 Å². The van der Waals surface area contributed by atoms with E-state index in [4.69, 9.17) is 21.1 Å². The van der Waals surface area contributed by atoms with Crippen molar-refractivity contribution in [2.75, 3.05) is 25.3 Å². The van der Waals surface area contributed by atoms with Gasteiger partial charge in [-0.2, -0.15) is 0 Å². The van der Waals surface area contributed by atoms with Crippen LogP contribution < -0.4 is 10.1 Å². The minimum absolute atomic E-state index is 0.0500. The Kier molecular flexibility index (Phi) is 6.66. The summed E-state index contributed by atoms with van der Waals surface area (Å²) in [6.07, 6.45) is 1.90. The van der Waals surface area contributed by atoms with Gasteiger partial charge in [0.1, 0.15) is 17.1 Å². The van der Waals surface area contributed by atoms with Crippen LogP contribution in [0.2, 0.25) is 5.02 Å². The number of carbonyl (C=O) groups excluding carboxylic acids is 2. The number of halogens is 2. The summed E-state index contributed by atoms with van der Waals surface area (Å²) in [5.74, 6) is -1.44. The summed E-state index contributed by atoms with van der Waals surface area (Å²) in [6, 6.07) is 8.58. The molecule has 0 radical (unpaired) electrons. The van der Waals surface area contributed by atoms with Gasteiger partial charge < -0.3 is 14.8 Å². The first kappa shape index (κ1) is 19.1. The second-order valence-corrected chi connectivity index (χ2v) is 6.10. The molecule has 0 aromatic heterocycles. The number of ether oxygens (including phenoxy) is 2. The van der Waals surface area contributed by atoms with Crippen molar-refractivity contribution < 1.29 is 23.5 Å². The van der Waals surface area contributed by atoms with Crippen LogP contribution in [-0.4, -0.2) is 31.8 Å². The summed E-state index contributed by atoms with van der Waals surface area (Å²) in [7, 11) is 1.44. The molecule has 2 aromatic carbocycles. The largest absolute Gasteiger partial charge is 0.496 e. The number of esters is 1. The topological polar surface area (TPSA) is 64.6 Å². The number of benzene rings is 2. The Morgan fingerprint density at radius 2 is 2.00 bits per heavy atom. The number of thioether (sulfide) groups is 1. The molecule has 0 aliphatic carbocycles. The van der Waals surface area contributed by atoms with Gasteiger partial charge in [0.25, 0.3) is 5.91 Å². The van der Waals surface area contributed by atoms with Gasteiger partial charge in [0.2, 0.25) is 0 Å². The first-order valence-corrected chi connectivity index (χ1v) is 8.69. The van der Waals surface area contributed by atoms with Gasteiger partial charge in [0.05, 0.1) is 17.8 Å². The zero-order chi connectivity index (χ0) is 18.4. The van der Waals surface area contributed by atoms with Crippen LogP contribution in [0.1, 0.15) is 10.4 Å². The molecule has 2 rings (SSSR count). The molecule has 0 unspecified atom stereocenters. The molecule has 0 atom stereocenters. The molecule has 0 saturated heterocycles. The number of carbonyl (C=O) groups is 2. The van der Waals surface area contributed by atoms with Crippen molar-refractivity contribution in [3.63, 3.8) is 0 Å². The fourth-order valence-electron chi connectivity index (χ4n) is 1.95. The van der Waals surface area contributed by atoms with E-state index in [1.165, 1.54) is 24.9 Å². The van der Waals surface area contributed by atoms with E-state index < -0.39 is 24.3 Å². The summed E-state index contributed by atoms with van der Waals surface area (Å²) in [5.41, 5.74) is 0.443. The maximum atomic E-state index is 13.0. The van der Waals surface area contributed by atoms with Crippen molar-refractivity contribution >= 4 is 40.9 Å². The third-order valence-corrected chi connectivity index (χ3v) is 4.21. The van der Waals surface area contributed by atoms with E-state index in [-0.39, 0.29) is 16.3 Å². The number of hydrogen-bond donors (Lipinski definition) is 1. The Labute approximate surface area is 153 Å². The normalized spacial score (nSPS) is 10.2. The van der Waals surface area contributed by atoms with Crippen LogP contribution in [0, 0.1) is 5.82 Å². The van der Waals surface area contributed by atoms with E-state index in [1.807, 2.05) is 6.26 Å². The minimum atomic E-state index is -0.690. The lowest BCUT2D eigenvalue weighted by Crippen LogP contribution is -2.21. The van der Waals surface area contributed by atoms with Gasteiger partial charge in [-0.05, 0) is 42.7 Å². The predicted molar refractivity (Wildman–Crippen MR) is 95.1 cm³/mol. The molecule has 0 spiro atoms. The highest BCUT2D eigenvalue weighted by Crippen LogP contribution is 2.26. The third-order valence-electron chi connectivity index (χ3n) is 3.17. The molecule has 0 heterocycles. The fourth-order valence-corrected chi connectivity index (χ4v) is 2.60. The fraction of sp³-hybridized carbons (Fsp3) is 0.176. The Morgan fingerprint density at radius 3 is 2.64 bits per heavy atom. The highest BCUT2D eigenvalue weighted by Gasteiger charge is 2.16. The molecule has 0 fully saturated rings. The quantitative estimate of drug-likeness (QED) is 0.603.